The highest BCUT2D eigenvalue weighted by atomic mass is 79.9. The molecule has 3 rings (SSSR count). The number of hydrogen-bond donors (Lipinski definition) is 0. The minimum absolute atomic E-state index is 0.308. The summed E-state index contributed by atoms with van der Waals surface area (Å²) in [6, 6.07) is 12.6. The van der Waals surface area contributed by atoms with Crippen LogP contribution < -0.4 is 4.85 Å². The van der Waals surface area contributed by atoms with Crippen LogP contribution in [0, 0.1) is 16.5 Å². The second-order valence-electron chi connectivity index (χ2n) is 3.95. The average Bonchev–Trinajstić information content (AvgIpc) is 2.76. The van der Waals surface area contributed by atoms with Crippen molar-refractivity contribution in [1.29, 1.82) is 5.26 Å². The van der Waals surface area contributed by atoms with Crippen LogP contribution in [0.5, 0.6) is 0 Å². The van der Waals surface area contributed by atoms with Gasteiger partial charge in [0.2, 0.25) is 0 Å². The molecule has 0 aliphatic carbocycles. The molecule has 0 saturated heterocycles. The molecule has 3 aromatic rings. The van der Waals surface area contributed by atoms with Crippen LogP contribution >= 0.6 is 15.9 Å². The average molecular weight is 315 g/mol. The van der Waals surface area contributed by atoms with Crippen LogP contribution in [0.15, 0.2) is 47.1 Å². The zero-order valence-electron chi connectivity index (χ0n) is 9.62. The number of aromatic nitrogens is 3. The summed E-state index contributed by atoms with van der Waals surface area (Å²) in [4.78, 5) is 4.96. The van der Waals surface area contributed by atoms with Crippen LogP contribution in [0.1, 0.15) is 5.56 Å². The lowest BCUT2D eigenvalue weighted by atomic mass is 10.2. The topological polar surface area (TPSA) is 68.0 Å². The van der Waals surface area contributed by atoms with E-state index in [-0.39, 0.29) is 0 Å². The molecular weight excluding hydrogens is 308 g/mol. The van der Waals surface area contributed by atoms with Crippen LogP contribution in [-0.2, 0) is 0 Å². The van der Waals surface area contributed by atoms with Gasteiger partial charge in [-0.1, -0.05) is 15.9 Å². The van der Waals surface area contributed by atoms with Gasteiger partial charge in [-0.15, -0.1) is 9.36 Å². The predicted octanol–water partition coefficient (Wildman–Crippen LogP) is 2.27. The van der Waals surface area contributed by atoms with Gasteiger partial charge >= 0.3 is 5.82 Å². The van der Waals surface area contributed by atoms with E-state index >= 15 is 0 Å². The third kappa shape index (κ3) is 1.94. The van der Waals surface area contributed by atoms with Crippen molar-refractivity contribution in [3.63, 3.8) is 0 Å². The number of fused-ring (bicyclic) bond motifs is 1. The van der Waals surface area contributed by atoms with E-state index in [0.29, 0.717) is 21.9 Å². The maximum absolute atomic E-state index is 12.2. The van der Waals surface area contributed by atoms with Crippen LogP contribution in [0.3, 0.4) is 0 Å². The van der Waals surface area contributed by atoms with E-state index in [1.54, 1.807) is 12.1 Å². The Morgan fingerprint density at radius 2 is 1.95 bits per heavy atom. The Morgan fingerprint density at radius 3 is 2.63 bits per heavy atom. The van der Waals surface area contributed by atoms with Crippen molar-refractivity contribution in [3.8, 4) is 17.5 Å². The highest BCUT2D eigenvalue weighted by Crippen LogP contribution is 2.18. The Bertz CT molecular complexity index is 802. The quantitative estimate of drug-likeness (QED) is 0.511. The summed E-state index contributed by atoms with van der Waals surface area (Å²) in [6.07, 6.45) is 1.47. The highest BCUT2D eigenvalue weighted by molar-refractivity contribution is 9.10. The second kappa shape index (κ2) is 4.37. The SMILES string of the molecule is N#Cc1ccc2nc(-c3ccc(Br)cc3)[n+]([O-])n2c1. The molecule has 0 N–H and O–H groups in total. The Hall–Kier alpha value is -2.39. The molecule has 6 heteroatoms. The normalized spacial score (nSPS) is 10.5. The van der Waals surface area contributed by atoms with E-state index < -0.39 is 0 Å². The maximum atomic E-state index is 12.2. The first-order chi connectivity index (χ1) is 9.19. The lowest BCUT2D eigenvalue weighted by Gasteiger charge is -2.02. The van der Waals surface area contributed by atoms with Crippen molar-refractivity contribution in [2.45, 2.75) is 0 Å². The van der Waals surface area contributed by atoms with Crippen molar-refractivity contribution in [1.82, 2.24) is 9.50 Å². The molecule has 5 nitrogen and oxygen atoms in total. The Morgan fingerprint density at radius 1 is 1.21 bits per heavy atom. The number of rotatable bonds is 1. The molecule has 0 bridgehead atoms. The van der Waals surface area contributed by atoms with Crippen LogP contribution in [0.25, 0.3) is 17.0 Å². The summed E-state index contributed by atoms with van der Waals surface area (Å²) < 4.78 is 2.25. The summed E-state index contributed by atoms with van der Waals surface area (Å²) in [5, 5.41) is 21.0. The molecule has 0 fully saturated rings. The van der Waals surface area contributed by atoms with Crippen LogP contribution in [0.4, 0.5) is 0 Å². The molecule has 2 aromatic heterocycles. The van der Waals surface area contributed by atoms with Gasteiger partial charge in [-0.25, -0.2) is 0 Å². The number of nitrogens with zero attached hydrogens (tertiary/aromatic N) is 4. The van der Waals surface area contributed by atoms with Crippen molar-refractivity contribution in [2.75, 3.05) is 0 Å². The Balaban J connectivity index is 2.23. The zero-order valence-corrected chi connectivity index (χ0v) is 11.2. The fourth-order valence-electron chi connectivity index (χ4n) is 1.81. The van der Waals surface area contributed by atoms with E-state index in [2.05, 4.69) is 20.9 Å². The number of pyridine rings is 1. The lowest BCUT2D eigenvalue weighted by molar-refractivity contribution is -0.667. The molecule has 0 atom stereocenters. The largest absolute Gasteiger partial charge is 0.692 e. The molecule has 2 heterocycles. The van der Waals surface area contributed by atoms with Gasteiger partial charge in [-0.05, 0) is 35.3 Å². The number of nitriles is 1. The van der Waals surface area contributed by atoms with Gasteiger partial charge in [0.25, 0.3) is 5.65 Å². The van der Waals surface area contributed by atoms with Crippen molar-refractivity contribution in [3.05, 3.63) is 57.8 Å². The van der Waals surface area contributed by atoms with Crippen molar-refractivity contribution >= 4 is 21.6 Å². The minimum atomic E-state index is 0.308. The van der Waals surface area contributed by atoms with Gasteiger partial charge < -0.3 is 5.21 Å². The smallest absolute Gasteiger partial charge is 0.355 e. The number of benzene rings is 1. The van der Waals surface area contributed by atoms with Gasteiger partial charge in [0.15, 0.2) is 0 Å². The van der Waals surface area contributed by atoms with Crippen LogP contribution in [-0.4, -0.2) is 9.50 Å². The Labute approximate surface area is 117 Å². The first-order valence-corrected chi connectivity index (χ1v) is 6.26. The summed E-state index contributed by atoms with van der Waals surface area (Å²) in [5.74, 6) is 0.308. The Kier molecular flexibility index (Phi) is 2.69. The minimum Gasteiger partial charge on any atom is -0.692 e. The fraction of sp³-hybridized carbons (Fsp3) is 0. The molecule has 0 saturated carbocycles. The standard InChI is InChI=1S/C13H7BrN4O/c14-11-4-2-10(3-5-11)13-16-12-6-1-9(7-15)8-17(12)18(13)19/h1-6,8H. The van der Waals surface area contributed by atoms with E-state index in [1.165, 1.54) is 10.7 Å². The van der Waals surface area contributed by atoms with E-state index in [1.807, 2.05) is 30.3 Å². The van der Waals surface area contributed by atoms with Crippen LogP contribution in [0.2, 0.25) is 0 Å². The maximum Gasteiger partial charge on any atom is 0.355 e. The molecule has 0 spiro atoms. The molecule has 0 radical (unpaired) electrons. The fourth-order valence-corrected chi connectivity index (χ4v) is 2.07. The van der Waals surface area contributed by atoms with E-state index in [4.69, 9.17) is 5.26 Å². The van der Waals surface area contributed by atoms with Gasteiger partial charge in [-0.3, -0.25) is 0 Å². The molecule has 0 aliphatic heterocycles. The molecular formula is C13H7BrN4O. The predicted molar refractivity (Wildman–Crippen MR) is 72.0 cm³/mol. The molecule has 1 aromatic carbocycles. The molecule has 19 heavy (non-hydrogen) atoms. The van der Waals surface area contributed by atoms with Gasteiger partial charge in [0.1, 0.15) is 6.07 Å². The van der Waals surface area contributed by atoms with Crippen molar-refractivity contribution < 1.29 is 4.85 Å². The summed E-state index contributed by atoms with van der Waals surface area (Å²) in [5.41, 5.74) is 1.64. The molecule has 0 aliphatic rings. The number of hydrogen-bond acceptors (Lipinski definition) is 3. The molecule has 0 unspecified atom stereocenters. The third-order valence-electron chi connectivity index (χ3n) is 2.74. The zero-order chi connectivity index (χ0) is 13.4. The van der Waals surface area contributed by atoms with E-state index in [0.717, 1.165) is 10.0 Å². The van der Waals surface area contributed by atoms with Gasteiger partial charge in [0, 0.05) is 10.5 Å². The van der Waals surface area contributed by atoms with Gasteiger partial charge in [0.05, 0.1) is 17.3 Å². The first-order valence-electron chi connectivity index (χ1n) is 5.47. The van der Waals surface area contributed by atoms with Crippen molar-refractivity contribution in [2.24, 2.45) is 0 Å². The summed E-state index contributed by atoms with van der Waals surface area (Å²) >= 11 is 3.34. The molecule has 0 amide bonds. The third-order valence-corrected chi connectivity index (χ3v) is 3.27. The summed E-state index contributed by atoms with van der Waals surface area (Å²) in [6.45, 7) is 0. The van der Waals surface area contributed by atoms with E-state index in [9.17, 15) is 5.21 Å². The number of halogens is 1. The first kappa shape index (κ1) is 11.7. The van der Waals surface area contributed by atoms with Gasteiger partial charge in [-0.2, -0.15) is 5.26 Å². The summed E-state index contributed by atoms with van der Waals surface area (Å²) in [7, 11) is 0. The monoisotopic (exact) mass is 314 g/mol. The second-order valence-corrected chi connectivity index (χ2v) is 4.86. The lowest BCUT2D eigenvalue weighted by Crippen LogP contribution is -2.34. The molecule has 92 valence electrons. The highest BCUT2D eigenvalue weighted by Gasteiger charge is 2.18.